The highest BCUT2D eigenvalue weighted by Crippen LogP contribution is 2.31. The number of nitrogens with zero attached hydrogens (tertiary/aromatic N) is 1. The average Bonchev–Trinajstić information content (AvgIpc) is 3.14. The van der Waals surface area contributed by atoms with E-state index in [2.05, 4.69) is 5.32 Å². The highest BCUT2D eigenvalue weighted by molar-refractivity contribution is 5.75. The first-order chi connectivity index (χ1) is 9.63. The number of carbonyl (C=O) groups is 2. The Labute approximate surface area is 119 Å². The Hall–Kier alpha value is -1.30. The van der Waals surface area contributed by atoms with E-state index in [9.17, 15) is 9.59 Å². The van der Waals surface area contributed by atoms with E-state index < -0.39 is 5.97 Å². The first kappa shape index (κ1) is 15.1. The van der Waals surface area contributed by atoms with Crippen molar-refractivity contribution in [1.82, 2.24) is 10.2 Å². The molecule has 0 aromatic heterocycles. The Balaban J connectivity index is 1.79. The molecule has 0 aromatic rings. The number of carbonyl (C=O) groups excluding carboxylic acids is 1. The summed E-state index contributed by atoms with van der Waals surface area (Å²) in [4.78, 5) is 25.1. The first-order valence-corrected chi connectivity index (χ1v) is 7.39. The van der Waals surface area contributed by atoms with Crippen LogP contribution in [0.4, 0.5) is 4.79 Å². The molecule has 6 nitrogen and oxygen atoms in total. The molecule has 20 heavy (non-hydrogen) atoms. The number of amides is 2. The van der Waals surface area contributed by atoms with Gasteiger partial charge in [0.25, 0.3) is 0 Å². The second kappa shape index (κ2) is 6.92. The van der Waals surface area contributed by atoms with Crippen LogP contribution in [0.3, 0.4) is 0 Å². The molecule has 2 amide bonds. The topological polar surface area (TPSA) is 78.9 Å². The average molecular weight is 284 g/mol. The molecule has 2 aliphatic rings. The molecule has 2 rings (SSSR count). The SMILES string of the molecule is COCCN(C(=O)NCC1CCCC1C(=O)O)C1CC1. The lowest BCUT2D eigenvalue weighted by Gasteiger charge is -2.24. The van der Waals surface area contributed by atoms with Gasteiger partial charge in [0.15, 0.2) is 0 Å². The normalized spacial score (nSPS) is 25.4. The van der Waals surface area contributed by atoms with Crippen molar-refractivity contribution < 1.29 is 19.4 Å². The monoisotopic (exact) mass is 284 g/mol. The van der Waals surface area contributed by atoms with Crippen LogP contribution < -0.4 is 5.32 Å². The second-order valence-electron chi connectivity index (χ2n) is 5.74. The summed E-state index contributed by atoms with van der Waals surface area (Å²) in [6, 6.07) is 0.254. The van der Waals surface area contributed by atoms with Gasteiger partial charge in [-0.25, -0.2) is 4.79 Å². The van der Waals surface area contributed by atoms with Gasteiger partial charge in [-0.2, -0.15) is 0 Å². The number of carboxylic acids is 1. The lowest BCUT2D eigenvalue weighted by atomic mass is 9.96. The van der Waals surface area contributed by atoms with E-state index in [1.165, 1.54) is 0 Å². The fourth-order valence-electron chi connectivity index (χ4n) is 2.95. The number of aliphatic carboxylic acids is 1. The maximum atomic E-state index is 12.2. The number of hydrogen-bond donors (Lipinski definition) is 2. The number of nitrogens with one attached hydrogen (secondary N) is 1. The first-order valence-electron chi connectivity index (χ1n) is 7.39. The van der Waals surface area contributed by atoms with Crippen LogP contribution in [0, 0.1) is 11.8 Å². The number of carboxylic acid groups (broad SMARTS) is 1. The van der Waals surface area contributed by atoms with Gasteiger partial charge in [0, 0.05) is 26.2 Å². The summed E-state index contributed by atoms with van der Waals surface area (Å²) >= 11 is 0. The number of rotatable bonds is 7. The number of hydrogen-bond acceptors (Lipinski definition) is 3. The fraction of sp³-hybridized carbons (Fsp3) is 0.857. The Morgan fingerprint density at radius 2 is 2.05 bits per heavy atom. The molecule has 2 N–H and O–H groups in total. The molecular formula is C14H24N2O4. The van der Waals surface area contributed by atoms with Gasteiger partial charge in [0.2, 0.25) is 0 Å². The van der Waals surface area contributed by atoms with Crippen molar-refractivity contribution >= 4 is 12.0 Å². The van der Waals surface area contributed by atoms with Crippen molar-refractivity contribution in [2.75, 3.05) is 26.8 Å². The van der Waals surface area contributed by atoms with Gasteiger partial charge < -0.3 is 20.1 Å². The van der Waals surface area contributed by atoms with E-state index >= 15 is 0 Å². The molecule has 0 spiro atoms. The largest absolute Gasteiger partial charge is 0.481 e. The van der Waals surface area contributed by atoms with Crippen molar-refractivity contribution in [2.45, 2.75) is 38.1 Å². The minimum absolute atomic E-state index is 0.0694. The van der Waals surface area contributed by atoms with E-state index in [0.29, 0.717) is 25.7 Å². The maximum Gasteiger partial charge on any atom is 0.317 e. The molecule has 2 aliphatic carbocycles. The molecule has 2 fully saturated rings. The van der Waals surface area contributed by atoms with Crippen molar-refractivity contribution in [3.63, 3.8) is 0 Å². The fourth-order valence-corrected chi connectivity index (χ4v) is 2.95. The van der Waals surface area contributed by atoms with Gasteiger partial charge in [-0.05, 0) is 31.6 Å². The third-order valence-electron chi connectivity index (χ3n) is 4.28. The summed E-state index contributed by atoms with van der Waals surface area (Å²) in [7, 11) is 1.62. The molecule has 0 aromatic carbocycles. The summed E-state index contributed by atoms with van der Waals surface area (Å²) in [5, 5.41) is 12.0. The maximum absolute atomic E-state index is 12.2. The summed E-state index contributed by atoms with van der Waals surface area (Å²) in [5.74, 6) is -0.969. The Bertz CT molecular complexity index is 357. The van der Waals surface area contributed by atoms with E-state index in [4.69, 9.17) is 9.84 Å². The Kier molecular flexibility index (Phi) is 5.23. The van der Waals surface area contributed by atoms with Gasteiger partial charge in [-0.3, -0.25) is 4.79 Å². The molecule has 0 radical (unpaired) electrons. The zero-order valence-electron chi connectivity index (χ0n) is 12.0. The highest BCUT2D eigenvalue weighted by atomic mass is 16.5. The minimum atomic E-state index is -0.736. The third-order valence-corrected chi connectivity index (χ3v) is 4.28. The zero-order valence-corrected chi connectivity index (χ0v) is 12.0. The van der Waals surface area contributed by atoms with Gasteiger partial charge in [-0.15, -0.1) is 0 Å². The Morgan fingerprint density at radius 1 is 1.30 bits per heavy atom. The molecule has 2 atom stereocenters. The molecule has 2 saturated carbocycles. The van der Waals surface area contributed by atoms with Crippen LogP contribution in [-0.2, 0) is 9.53 Å². The zero-order chi connectivity index (χ0) is 14.5. The number of methoxy groups -OCH3 is 1. The molecular weight excluding hydrogens is 260 g/mol. The van der Waals surface area contributed by atoms with Crippen molar-refractivity contribution in [3.8, 4) is 0 Å². The van der Waals surface area contributed by atoms with Crippen molar-refractivity contribution in [1.29, 1.82) is 0 Å². The van der Waals surface area contributed by atoms with Crippen molar-refractivity contribution in [3.05, 3.63) is 0 Å². The summed E-state index contributed by atoms with van der Waals surface area (Å²) in [6.07, 6.45) is 4.66. The molecule has 0 heterocycles. The minimum Gasteiger partial charge on any atom is -0.481 e. The number of urea groups is 1. The second-order valence-corrected chi connectivity index (χ2v) is 5.74. The van der Waals surface area contributed by atoms with Gasteiger partial charge in [0.05, 0.1) is 12.5 Å². The summed E-state index contributed by atoms with van der Waals surface area (Å²) < 4.78 is 5.03. The van der Waals surface area contributed by atoms with Crippen LogP contribution >= 0.6 is 0 Å². The van der Waals surface area contributed by atoms with Crippen molar-refractivity contribution in [2.24, 2.45) is 11.8 Å². The predicted octanol–water partition coefficient (Wildman–Crippen LogP) is 1.31. The van der Waals surface area contributed by atoms with E-state index in [1.54, 1.807) is 7.11 Å². The lowest BCUT2D eigenvalue weighted by Crippen LogP contribution is -2.45. The standard InChI is InChI=1S/C14H24N2O4/c1-20-8-7-16(11-5-6-11)14(19)15-9-10-3-2-4-12(10)13(17)18/h10-12H,2-9H2,1H3,(H,15,19)(H,17,18). The van der Waals surface area contributed by atoms with E-state index in [1.807, 2.05) is 4.90 Å². The molecule has 0 bridgehead atoms. The van der Waals surface area contributed by atoms with Crippen LogP contribution in [0.5, 0.6) is 0 Å². The van der Waals surface area contributed by atoms with Crippen LogP contribution in [0.2, 0.25) is 0 Å². The van der Waals surface area contributed by atoms with Gasteiger partial charge in [0.1, 0.15) is 0 Å². The molecule has 0 saturated heterocycles. The molecule has 6 heteroatoms. The molecule has 114 valence electrons. The van der Waals surface area contributed by atoms with E-state index in [-0.39, 0.29) is 17.9 Å². The quantitative estimate of drug-likeness (QED) is 0.739. The van der Waals surface area contributed by atoms with E-state index in [0.717, 1.165) is 32.1 Å². The number of ether oxygens (including phenoxy) is 1. The summed E-state index contributed by atoms with van der Waals surface area (Å²) in [6.45, 7) is 1.59. The third kappa shape index (κ3) is 3.85. The highest BCUT2D eigenvalue weighted by Gasteiger charge is 2.35. The van der Waals surface area contributed by atoms with Crippen LogP contribution in [-0.4, -0.2) is 54.9 Å². The van der Waals surface area contributed by atoms with Crippen LogP contribution in [0.1, 0.15) is 32.1 Å². The molecule has 2 unspecified atom stereocenters. The molecule has 0 aliphatic heterocycles. The predicted molar refractivity (Wildman–Crippen MR) is 73.5 cm³/mol. The smallest absolute Gasteiger partial charge is 0.317 e. The van der Waals surface area contributed by atoms with Gasteiger partial charge in [-0.1, -0.05) is 6.42 Å². The van der Waals surface area contributed by atoms with Crippen LogP contribution in [0.15, 0.2) is 0 Å². The lowest BCUT2D eigenvalue weighted by molar-refractivity contribution is -0.142. The Morgan fingerprint density at radius 3 is 2.65 bits per heavy atom. The summed E-state index contributed by atoms with van der Waals surface area (Å²) in [5.41, 5.74) is 0. The van der Waals surface area contributed by atoms with Gasteiger partial charge >= 0.3 is 12.0 Å². The van der Waals surface area contributed by atoms with Crippen LogP contribution in [0.25, 0.3) is 0 Å².